The zero-order valence-corrected chi connectivity index (χ0v) is 12.5. The average Bonchev–Trinajstić information content (AvgIpc) is 2.41. The molecular formula is C14H15BrFN3O. The van der Waals surface area contributed by atoms with Crippen molar-refractivity contribution in [3.63, 3.8) is 0 Å². The highest BCUT2D eigenvalue weighted by Gasteiger charge is 2.22. The summed E-state index contributed by atoms with van der Waals surface area (Å²) < 4.78 is 14.3. The van der Waals surface area contributed by atoms with Gasteiger partial charge in [0.15, 0.2) is 0 Å². The third-order valence-electron chi connectivity index (χ3n) is 3.39. The molecule has 1 aromatic rings. The first-order valence-corrected chi connectivity index (χ1v) is 7.24. The molecule has 6 heteroatoms. The number of halogens is 2. The van der Waals surface area contributed by atoms with Crippen LogP contribution in [0.25, 0.3) is 0 Å². The molecule has 1 amide bonds. The fourth-order valence-corrected chi connectivity index (χ4v) is 2.61. The van der Waals surface area contributed by atoms with Gasteiger partial charge in [-0.15, -0.1) is 0 Å². The Balaban J connectivity index is 1.91. The molecular weight excluding hydrogens is 325 g/mol. The van der Waals surface area contributed by atoms with Crippen molar-refractivity contribution in [3.05, 3.63) is 34.1 Å². The molecule has 2 rings (SSSR count). The molecule has 1 aromatic carbocycles. The van der Waals surface area contributed by atoms with Gasteiger partial charge in [-0.2, -0.15) is 5.26 Å². The Morgan fingerprint density at radius 1 is 1.50 bits per heavy atom. The number of amides is 1. The highest BCUT2D eigenvalue weighted by atomic mass is 79.9. The molecule has 0 unspecified atom stereocenters. The van der Waals surface area contributed by atoms with Crippen LogP contribution in [0.5, 0.6) is 0 Å². The first-order chi connectivity index (χ1) is 9.60. The largest absolute Gasteiger partial charge is 0.349 e. The maximum Gasteiger partial charge on any atom is 0.254 e. The molecule has 0 bridgehead atoms. The first-order valence-electron chi connectivity index (χ1n) is 6.45. The maximum atomic E-state index is 13.7. The van der Waals surface area contributed by atoms with Crippen LogP contribution in [-0.4, -0.2) is 36.5 Å². The van der Waals surface area contributed by atoms with E-state index in [0.29, 0.717) is 11.0 Å². The fraction of sp³-hybridized carbons (Fsp3) is 0.429. The van der Waals surface area contributed by atoms with Gasteiger partial charge in [0.1, 0.15) is 5.82 Å². The second-order valence-corrected chi connectivity index (χ2v) is 5.72. The summed E-state index contributed by atoms with van der Waals surface area (Å²) in [6.07, 6.45) is 1.57. The summed E-state index contributed by atoms with van der Waals surface area (Å²) in [5, 5.41) is 11.5. The summed E-state index contributed by atoms with van der Waals surface area (Å²) in [4.78, 5) is 14.1. The Kier molecular flexibility index (Phi) is 5.10. The van der Waals surface area contributed by atoms with Gasteiger partial charge < -0.3 is 5.32 Å². The van der Waals surface area contributed by atoms with Gasteiger partial charge in [-0.05, 0) is 31.0 Å². The standard InChI is InChI=1S/C14H15BrFN3O/c15-10-1-2-12(13(16)9-10)14(20)18-11-3-6-19(7-4-11)8-5-17/h1-2,9,11H,3-4,6-8H2,(H,18,20). The van der Waals surface area contributed by atoms with Crippen molar-refractivity contribution in [2.24, 2.45) is 0 Å². The smallest absolute Gasteiger partial charge is 0.254 e. The summed E-state index contributed by atoms with van der Waals surface area (Å²) in [5.41, 5.74) is 0.0626. The minimum absolute atomic E-state index is 0.0421. The number of hydrogen-bond donors (Lipinski definition) is 1. The average molecular weight is 340 g/mol. The van der Waals surface area contributed by atoms with E-state index in [0.717, 1.165) is 25.9 Å². The molecule has 0 aromatic heterocycles. The Hall–Kier alpha value is -1.45. The van der Waals surface area contributed by atoms with Crippen LogP contribution in [0.1, 0.15) is 23.2 Å². The van der Waals surface area contributed by atoms with E-state index in [1.807, 2.05) is 4.90 Å². The number of nitriles is 1. The normalized spacial score (nSPS) is 16.6. The van der Waals surface area contributed by atoms with Gasteiger partial charge in [-0.1, -0.05) is 15.9 Å². The molecule has 1 N–H and O–H groups in total. The lowest BCUT2D eigenvalue weighted by molar-refractivity contribution is 0.0910. The lowest BCUT2D eigenvalue weighted by Gasteiger charge is -2.30. The molecule has 1 fully saturated rings. The first kappa shape index (κ1) is 14.9. The molecule has 20 heavy (non-hydrogen) atoms. The molecule has 1 saturated heterocycles. The summed E-state index contributed by atoms with van der Waals surface area (Å²) in [6.45, 7) is 1.98. The number of hydrogen-bond acceptors (Lipinski definition) is 3. The second kappa shape index (κ2) is 6.82. The van der Waals surface area contributed by atoms with E-state index in [1.165, 1.54) is 12.1 Å². The van der Waals surface area contributed by atoms with Crippen molar-refractivity contribution in [3.8, 4) is 6.07 Å². The molecule has 0 aliphatic carbocycles. The Labute approximate surface area is 125 Å². The van der Waals surface area contributed by atoms with Gasteiger partial charge in [0, 0.05) is 23.6 Å². The summed E-state index contributed by atoms with van der Waals surface area (Å²) in [5.74, 6) is -0.910. The number of rotatable bonds is 3. The van der Waals surface area contributed by atoms with Crippen LogP contribution in [0.4, 0.5) is 4.39 Å². The van der Waals surface area contributed by atoms with Crippen LogP contribution >= 0.6 is 15.9 Å². The van der Waals surface area contributed by atoms with E-state index >= 15 is 0 Å². The van der Waals surface area contributed by atoms with Crippen molar-refractivity contribution < 1.29 is 9.18 Å². The molecule has 0 radical (unpaired) electrons. The summed E-state index contributed by atoms with van der Waals surface area (Å²) in [7, 11) is 0. The lowest BCUT2D eigenvalue weighted by atomic mass is 10.0. The van der Waals surface area contributed by atoms with Crippen LogP contribution in [0.3, 0.4) is 0 Å². The van der Waals surface area contributed by atoms with E-state index in [-0.39, 0.29) is 17.5 Å². The van der Waals surface area contributed by atoms with Crippen molar-refractivity contribution in [1.29, 1.82) is 5.26 Å². The molecule has 1 aliphatic heterocycles. The maximum absolute atomic E-state index is 13.7. The molecule has 0 saturated carbocycles. The second-order valence-electron chi connectivity index (χ2n) is 4.81. The van der Waals surface area contributed by atoms with Crippen molar-refractivity contribution >= 4 is 21.8 Å². The number of carbonyl (C=O) groups is 1. The van der Waals surface area contributed by atoms with E-state index in [1.54, 1.807) is 6.07 Å². The Morgan fingerprint density at radius 2 is 2.20 bits per heavy atom. The van der Waals surface area contributed by atoms with Gasteiger partial charge in [-0.3, -0.25) is 9.69 Å². The zero-order valence-electron chi connectivity index (χ0n) is 10.9. The van der Waals surface area contributed by atoms with Gasteiger partial charge >= 0.3 is 0 Å². The zero-order chi connectivity index (χ0) is 14.5. The number of carbonyl (C=O) groups excluding carboxylic acids is 1. The van der Waals surface area contributed by atoms with Gasteiger partial charge in [-0.25, -0.2) is 4.39 Å². The predicted molar refractivity (Wildman–Crippen MR) is 76.6 cm³/mol. The van der Waals surface area contributed by atoms with Crippen LogP contribution < -0.4 is 5.32 Å². The number of nitrogens with zero attached hydrogens (tertiary/aromatic N) is 2. The number of likely N-dealkylation sites (tertiary alicyclic amines) is 1. The predicted octanol–water partition coefficient (Wildman–Crippen LogP) is 2.31. The van der Waals surface area contributed by atoms with Gasteiger partial charge in [0.2, 0.25) is 0 Å². The van der Waals surface area contributed by atoms with Gasteiger partial charge in [0.25, 0.3) is 5.91 Å². The monoisotopic (exact) mass is 339 g/mol. The minimum atomic E-state index is -0.529. The SMILES string of the molecule is N#CCN1CCC(NC(=O)c2ccc(Br)cc2F)CC1. The molecule has 1 aliphatic rings. The van der Waals surface area contributed by atoms with E-state index in [4.69, 9.17) is 5.26 Å². The topological polar surface area (TPSA) is 56.1 Å². The van der Waals surface area contributed by atoms with Crippen LogP contribution in [0.15, 0.2) is 22.7 Å². The molecule has 106 valence electrons. The fourth-order valence-electron chi connectivity index (χ4n) is 2.27. The lowest BCUT2D eigenvalue weighted by Crippen LogP contribution is -2.44. The minimum Gasteiger partial charge on any atom is -0.349 e. The van der Waals surface area contributed by atoms with Crippen molar-refractivity contribution in [2.75, 3.05) is 19.6 Å². The molecule has 4 nitrogen and oxygen atoms in total. The van der Waals surface area contributed by atoms with Crippen LogP contribution in [-0.2, 0) is 0 Å². The number of piperidine rings is 1. The van der Waals surface area contributed by atoms with Crippen molar-refractivity contribution in [2.45, 2.75) is 18.9 Å². The Bertz CT molecular complexity index is 536. The van der Waals surface area contributed by atoms with Crippen LogP contribution in [0.2, 0.25) is 0 Å². The summed E-state index contributed by atoms with van der Waals surface area (Å²) >= 11 is 3.16. The molecule has 1 heterocycles. The van der Waals surface area contributed by atoms with E-state index in [2.05, 4.69) is 27.3 Å². The number of benzene rings is 1. The number of nitrogens with one attached hydrogen (secondary N) is 1. The van der Waals surface area contributed by atoms with E-state index < -0.39 is 5.82 Å². The van der Waals surface area contributed by atoms with Gasteiger partial charge in [0.05, 0.1) is 18.2 Å². The molecule has 0 spiro atoms. The molecule has 0 atom stereocenters. The quantitative estimate of drug-likeness (QED) is 0.859. The van der Waals surface area contributed by atoms with Crippen LogP contribution in [0, 0.1) is 17.1 Å². The van der Waals surface area contributed by atoms with Crippen molar-refractivity contribution in [1.82, 2.24) is 10.2 Å². The highest BCUT2D eigenvalue weighted by molar-refractivity contribution is 9.10. The highest BCUT2D eigenvalue weighted by Crippen LogP contribution is 2.16. The van der Waals surface area contributed by atoms with E-state index in [9.17, 15) is 9.18 Å². The Morgan fingerprint density at radius 3 is 2.80 bits per heavy atom. The third-order valence-corrected chi connectivity index (χ3v) is 3.89. The third kappa shape index (κ3) is 3.78. The summed E-state index contributed by atoms with van der Waals surface area (Å²) in [6, 6.07) is 6.56.